The van der Waals surface area contributed by atoms with E-state index >= 15 is 0 Å². The first-order valence-electron chi connectivity index (χ1n) is 7.48. The van der Waals surface area contributed by atoms with Crippen LogP contribution in [0.2, 0.25) is 0 Å². The molecular formula is C15H23FN4O. The van der Waals surface area contributed by atoms with Crippen molar-refractivity contribution in [3.05, 3.63) is 23.6 Å². The highest BCUT2D eigenvalue weighted by Gasteiger charge is 2.20. The number of anilines is 1. The van der Waals surface area contributed by atoms with Gasteiger partial charge in [-0.1, -0.05) is 6.92 Å². The largest absolute Gasteiger partial charge is 0.371 e. The van der Waals surface area contributed by atoms with E-state index in [-0.39, 0.29) is 17.3 Å². The molecule has 1 aliphatic heterocycles. The zero-order valence-electron chi connectivity index (χ0n) is 12.7. The molecule has 0 radical (unpaired) electrons. The van der Waals surface area contributed by atoms with E-state index in [4.69, 9.17) is 0 Å². The topological polar surface area (TPSA) is 57.3 Å². The van der Waals surface area contributed by atoms with Crippen molar-refractivity contribution in [3.8, 4) is 0 Å². The van der Waals surface area contributed by atoms with Crippen LogP contribution in [0.4, 0.5) is 10.2 Å². The first kappa shape index (κ1) is 15.7. The van der Waals surface area contributed by atoms with Crippen LogP contribution in [-0.2, 0) is 0 Å². The molecule has 0 spiro atoms. The Labute approximate surface area is 124 Å². The SMILES string of the molecule is CCN1CCC(CNC(=O)c2ccnc(NC)c2F)CC1. The molecule has 1 saturated heterocycles. The normalized spacial score (nSPS) is 16.7. The Morgan fingerprint density at radius 3 is 2.81 bits per heavy atom. The van der Waals surface area contributed by atoms with Crippen molar-refractivity contribution in [1.82, 2.24) is 15.2 Å². The highest BCUT2D eigenvalue weighted by molar-refractivity contribution is 5.95. The number of halogens is 1. The van der Waals surface area contributed by atoms with Crippen molar-refractivity contribution in [1.29, 1.82) is 0 Å². The Bertz CT molecular complexity index is 487. The maximum absolute atomic E-state index is 14.0. The molecule has 116 valence electrons. The molecule has 1 aliphatic rings. The summed E-state index contributed by atoms with van der Waals surface area (Å²) in [7, 11) is 1.58. The standard InChI is InChI=1S/C15H23FN4O/c1-3-20-8-5-11(6-9-20)10-19-15(21)12-4-7-18-14(17-2)13(12)16/h4,7,11H,3,5-6,8-10H2,1-2H3,(H,17,18)(H,19,21). The number of pyridine rings is 1. The minimum absolute atomic E-state index is 0.0420. The maximum Gasteiger partial charge on any atom is 0.254 e. The molecule has 21 heavy (non-hydrogen) atoms. The number of nitrogens with zero attached hydrogens (tertiary/aromatic N) is 2. The minimum atomic E-state index is -0.599. The summed E-state index contributed by atoms with van der Waals surface area (Å²) < 4.78 is 14.0. The van der Waals surface area contributed by atoms with Gasteiger partial charge in [0.1, 0.15) is 0 Å². The van der Waals surface area contributed by atoms with Gasteiger partial charge in [0.15, 0.2) is 11.6 Å². The van der Waals surface area contributed by atoms with Gasteiger partial charge in [0, 0.05) is 19.8 Å². The van der Waals surface area contributed by atoms with Crippen LogP contribution >= 0.6 is 0 Å². The number of aromatic nitrogens is 1. The van der Waals surface area contributed by atoms with Crippen molar-refractivity contribution in [3.63, 3.8) is 0 Å². The fourth-order valence-electron chi connectivity index (χ4n) is 2.63. The van der Waals surface area contributed by atoms with E-state index < -0.39 is 5.82 Å². The molecule has 1 aromatic rings. The zero-order chi connectivity index (χ0) is 15.2. The fraction of sp³-hybridized carbons (Fsp3) is 0.600. The molecular weight excluding hydrogens is 271 g/mol. The number of nitrogens with one attached hydrogen (secondary N) is 2. The molecule has 0 bridgehead atoms. The first-order chi connectivity index (χ1) is 10.2. The van der Waals surface area contributed by atoms with E-state index in [0.29, 0.717) is 12.5 Å². The van der Waals surface area contributed by atoms with Crippen LogP contribution in [0.3, 0.4) is 0 Å². The monoisotopic (exact) mass is 294 g/mol. The molecule has 0 aliphatic carbocycles. The van der Waals surface area contributed by atoms with E-state index in [1.54, 1.807) is 7.05 Å². The summed E-state index contributed by atoms with van der Waals surface area (Å²) in [4.78, 5) is 18.3. The number of hydrogen-bond donors (Lipinski definition) is 2. The van der Waals surface area contributed by atoms with Gasteiger partial charge in [0.05, 0.1) is 5.56 Å². The van der Waals surface area contributed by atoms with Crippen molar-refractivity contribution < 1.29 is 9.18 Å². The third-order valence-corrected chi connectivity index (χ3v) is 4.08. The number of likely N-dealkylation sites (tertiary alicyclic amines) is 1. The van der Waals surface area contributed by atoms with Gasteiger partial charge in [-0.15, -0.1) is 0 Å². The molecule has 0 atom stereocenters. The molecule has 6 heteroatoms. The second-order valence-corrected chi connectivity index (χ2v) is 5.36. The predicted molar refractivity (Wildman–Crippen MR) is 80.9 cm³/mol. The molecule has 0 unspecified atom stereocenters. The highest BCUT2D eigenvalue weighted by Crippen LogP contribution is 2.17. The minimum Gasteiger partial charge on any atom is -0.371 e. The molecule has 2 heterocycles. The number of carbonyl (C=O) groups is 1. The van der Waals surface area contributed by atoms with E-state index in [2.05, 4.69) is 27.4 Å². The van der Waals surface area contributed by atoms with Crippen LogP contribution in [0.5, 0.6) is 0 Å². The Morgan fingerprint density at radius 1 is 1.48 bits per heavy atom. The van der Waals surface area contributed by atoms with Crippen LogP contribution in [0, 0.1) is 11.7 Å². The van der Waals surface area contributed by atoms with Crippen LogP contribution < -0.4 is 10.6 Å². The highest BCUT2D eigenvalue weighted by atomic mass is 19.1. The van der Waals surface area contributed by atoms with Crippen molar-refractivity contribution in [2.75, 3.05) is 38.5 Å². The van der Waals surface area contributed by atoms with E-state index in [1.807, 2.05) is 0 Å². The van der Waals surface area contributed by atoms with Crippen LogP contribution in [0.1, 0.15) is 30.1 Å². The lowest BCUT2D eigenvalue weighted by Gasteiger charge is -2.31. The third-order valence-electron chi connectivity index (χ3n) is 4.08. The summed E-state index contributed by atoms with van der Waals surface area (Å²) in [5.41, 5.74) is 0.0420. The average Bonchev–Trinajstić information content (AvgIpc) is 2.53. The van der Waals surface area contributed by atoms with E-state index in [1.165, 1.54) is 12.3 Å². The molecule has 2 rings (SSSR count). The number of carbonyl (C=O) groups excluding carboxylic acids is 1. The lowest BCUT2D eigenvalue weighted by Crippen LogP contribution is -2.38. The summed E-state index contributed by atoms with van der Waals surface area (Å²) in [6.07, 6.45) is 3.59. The summed E-state index contributed by atoms with van der Waals surface area (Å²) >= 11 is 0. The van der Waals surface area contributed by atoms with Gasteiger partial charge in [0.2, 0.25) is 0 Å². The summed E-state index contributed by atoms with van der Waals surface area (Å²) in [5.74, 6) is -0.396. The predicted octanol–water partition coefficient (Wildman–Crippen LogP) is 1.72. The van der Waals surface area contributed by atoms with Gasteiger partial charge in [-0.2, -0.15) is 0 Å². The van der Waals surface area contributed by atoms with Gasteiger partial charge in [-0.25, -0.2) is 9.37 Å². The summed E-state index contributed by atoms with van der Waals surface area (Å²) in [5, 5.41) is 5.48. The Hall–Kier alpha value is -1.69. The lowest BCUT2D eigenvalue weighted by atomic mass is 9.97. The first-order valence-corrected chi connectivity index (χ1v) is 7.48. The second-order valence-electron chi connectivity index (χ2n) is 5.36. The zero-order valence-corrected chi connectivity index (χ0v) is 12.7. The van der Waals surface area contributed by atoms with E-state index in [9.17, 15) is 9.18 Å². The Kier molecular flexibility index (Phi) is 5.50. The maximum atomic E-state index is 14.0. The molecule has 0 saturated carbocycles. The molecule has 2 N–H and O–H groups in total. The quantitative estimate of drug-likeness (QED) is 0.868. The Morgan fingerprint density at radius 2 is 2.19 bits per heavy atom. The summed E-state index contributed by atoms with van der Waals surface area (Å²) in [6, 6.07) is 1.41. The molecule has 0 aromatic carbocycles. The molecule has 1 fully saturated rings. The van der Waals surface area contributed by atoms with Gasteiger partial charge in [0.25, 0.3) is 5.91 Å². The number of rotatable bonds is 5. The second kappa shape index (κ2) is 7.36. The number of piperidine rings is 1. The van der Waals surface area contributed by atoms with Crippen LogP contribution in [0.15, 0.2) is 12.3 Å². The number of amides is 1. The van der Waals surface area contributed by atoms with Gasteiger partial charge in [-0.05, 0) is 44.5 Å². The average molecular weight is 294 g/mol. The fourth-order valence-corrected chi connectivity index (χ4v) is 2.63. The third kappa shape index (κ3) is 3.91. The Balaban J connectivity index is 1.88. The van der Waals surface area contributed by atoms with E-state index in [0.717, 1.165) is 32.5 Å². The number of hydrogen-bond acceptors (Lipinski definition) is 4. The van der Waals surface area contributed by atoms with Gasteiger partial charge >= 0.3 is 0 Å². The van der Waals surface area contributed by atoms with Crippen molar-refractivity contribution >= 4 is 11.7 Å². The van der Waals surface area contributed by atoms with Gasteiger partial charge < -0.3 is 15.5 Å². The molecule has 1 aromatic heterocycles. The van der Waals surface area contributed by atoms with Gasteiger partial charge in [-0.3, -0.25) is 4.79 Å². The van der Waals surface area contributed by atoms with Crippen LogP contribution in [0.25, 0.3) is 0 Å². The van der Waals surface area contributed by atoms with Crippen molar-refractivity contribution in [2.45, 2.75) is 19.8 Å². The summed E-state index contributed by atoms with van der Waals surface area (Å²) in [6.45, 7) is 5.99. The smallest absolute Gasteiger partial charge is 0.254 e. The van der Waals surface area contributed by atoms with Crippen LogP contribution in [-0.4, -0.2) is 49.0 Å². The lowest BCUT2D eigenvalue weighted by molar-refractivity contribution is 0.0933. The molecule has 5 nitrogen and oxygen atoms in total. The molecule has 1 amide bonds. The van der Waals surface area contributed by atoms with Crippen molar-refractivity contribution in [2.24, 2.45) is 5.92 Å².